The van der Waals surface area contributed by atoms with E-state index in [0.29, 0.717) is 18.8 Å². The lowest BCUT2D eigenvalue weighted by atomic mass is 10.2. The van der Waals surface area contributed by atoms with Gasteiger partial charge in [0.2, 0.25) is 5.91 Å². The Morgan fingerprint density at radius 3 is 2.48 bits per heavy atom. The highest BCUT2D eigenvalue weighted by Crippen LogP contribution is 2.28. The van der Waals surface area contributed by atoms with Crippen LogP contribution in [-0.2, 0) is 11.3 Å². The predicted octanol–water partition coefficient (Wildman–Crippen LogP) is 2.10. The molecule has 1 aromatic carbocycles. The van der Waals surface area contributed by atoms with Gasteiger partial charge in [0.1, 0.15) is 0 Å². The maximum Gasteiger partial charge on any atom is 0.234 e. The molecule has 0 saturated carbocycles. The monoisotopic (exact) mass is 294 g/mol. The zero-order valence-electron chi connectivity index (χ0n) is 13.5. The molecule has 0 aromatic heterocycles. The van der Waals surface area contributed by atoms with E-state index in [-0.39, 0.29) is 18.1 Å². The fourth-order valence-corrected chi connectivity index (χ4v) is 1.87. The van der Waals surface area contributed by atoms with Crippen molar-refractivity contribution in [2.45, 2.75) is 46.4 Å². The molecule has 0 saturated heterocycles. The summed E-state index contributed by atoms with van der Waals surface area (Å²) in [5.74, 6) is 1.43. The average molecular weight is 294 g/mol. The number of hydrogen-bond acceptors (Lipinski definition) is 4. The van der Waals surface area contributed by atoms with Crippen molar-refractivity contribution >= 4 is 5.91 Å². The van der Waals surface area contributed by atoms with Crippen LogP contribution in [0.2, 0.25) is 0 Å². The molecule has 0 spiro atoms. The Hall–Kier alpha value is -1.75. The first-order valence-electron chi connectivity index (χ1n) is 7.26. The summed E-state index contributed by atoms with van der Waals surface area (Å²) in [6, 6.07) is 5.94. The van der Waals surface area contributed by atoms with Crippen LogP contribution < -0.4 is 20.1 Å². The van der Waals surface area contributed by atoms with Crippen LogP contribution in [0.15, 0.2) is 18.2 Å². The van der Waals surface area contributed by atoms with Gasteiger partial charge in [0.15, 0.2) is 11.5 Å². The summed E-state index contributed by atoms with van der Waals surface area (Å²) in [6.07, 6.45) is 0.0996. The second-order valence-corrected chi connectivity index (χ2v) is 5.48. The number of methoxy groups -OCH3 is 1. The Morgan fingerprint density at radius 1 is 1.19 bits per heavy atom. The first kappa shape index (κ1) is 17.3. The molecule has 5 nitrogen and oxygen atoms in total. The van der Waals surface area contributed by atoms with Crippen LogP contribution in [0.25, 0.3) is 0 Å². The van der Waals surface area contributed by atoms with Crippen LogP contribution in [0.1, 0.15) is 33.3 Å². The molecule has 5 heteroatoms. The minimum atomic E-state index is -0.00303. The molecule has 0 aliphatic carbocycles. The zero-order chi connectivity index (χ0) is 15.8. The molecule has 0 fully saturated rings. The van der Waals surface area contributed by atoms with Crippen molar-refractivity contribution in [3.05, 3.63) is 23.8 Å². The SMILES string of the molecule is COc1cc(CNCC(=O)NC(C)C)ccc1OC(C)C. The number of ether oxygens (including phenoxy) is 2. The van der Waals surface area contributed by atoms with Gasteiger partial charge in [-0.15, -0.1) is 0 Å². The normalized spacial score (nSPS) is 10.8. The molecule has 1 rings (SSSR count). The van der Waals surface area contributed by atoms with E-state index in [9.17, 15) is 4.79 Å². The molecule has 0 aliphatic rings. The van der Waals surface area contributed by atoms with E-state index in [1.807, 2.05) is 45.9 Å². The lowest BCUT2D eigenvalue weighted by Crippen LogP contribution is -2.37. The van der Waals surface area contributed by atoms with Gasteiger partial charge in [0.05, 0.1) is 19.8 Å². The smallest absolute Gasteiger partial charge is 0.234 e. The van der Waals surface area contributed by atoms with Crippen LogP contribution in [0.3, 0.4) is 0 Å². The minimum absolute atomic E-state index is 0.00303. The van der Waals surface area contributed by atoms with Crippen molar-refractivity contribution in [3.8, 4) is 11.5 Å². The Kier molecular flexibility index (Phi) is 7.02. The summed E-state index contributed by atoms with van der Waals surface area (Å²) in [5.41, 5.74) is 1.04. The highest BCUT2D eigenvalue weighted by Gasteiger charge is 2.08. The van der Waals surface area contributed by atoms with Crippen LogP contribution >= 0.6 is 0 Å². The minimum Gasteiger partial charge on any atom is -0.493 e. The van der Waals surface area contributed by atoms with Gasteiger partial charge in [0.25, 0.3) is 0 Å². The van der Waals surface area contributed by atoms with E-state index in [0.717, 1.165) is 11.3 Å². The summed E-state index contributed by atoms with van der Waals surface area (Å²) in [7, 11) is 1.62. The number of carbonyl (C=O) groups excluding carboxylic acids is 1. The van der Waals surface area contributed by atoms with Crippen LogP contribution in [0.4, 0.5) is 0 Å². The molecule has 118 valence electrons. The lowest BCUT2D eigenvalue weighted by molar-refractivity contribution is -0.120. The van der Waals surface area contributed by atoms with Crippen molar-refractivity contribution in [1.82, 2.24) is 10.6 Å². The molecule has 1 aromatic rings. The summed E-state index contributed by atoms with van der Waals surface area (Å²) in [5, 5.41) is 5.95. The van der Waals surface area contributed by atoms with E-state index in [2.05, 4.69) is 10.6 Å². The molecule has 0 unspecified atom stereocenters. The number of amides is 1. The third kappa shape index (κ3) is 6.49. The van der Waals surface area contributed by atoms with Gasteiger partial charge in [-0.2, -0.15) is 0 Å². The maximum absolute atomic E-state index is 11.5. The summed E-state index contributed by atoms with van der Waals surface area (Å²) < 4.78 is 11.0. The summed E-state index contributed by atoms with van der Waals surface area (Å²) >= 11 is 0. The highest BCUT2D eigenvalue weighted by atomic mass is 16.5. The molecule has 0 aliphatic heterocycles. The second-order valence-electron chi connectivity index (χ2n) is 5.48. The predicted molar refractivity (Wildman–Crippen MR) is 83.7 cm³/mol. The van der Waals surface area contributed by atoms with Gasteiger partial charge < -0.3 is 20.1 Å². The Morgan fingerprint density at radius 2 is 1.90 bits per heavy atom. The van der Waals surface area contributed by atoms with E-state index in [1.165, 1.54) is 0 Å². The fraction of sp³-hybridized carbons (Fsp3) is 0.562. The van der Waals surface area contributed by atoms with E-state index in [1.54, 1.807) is 7.11 Å². The Bertz CT molecular complexity index is 459. The number of benzene rings is 1. The highest BCUT2D eigenvalue weighted by molar-refractivity contribution is 5.78. The molecule has 0 bridgehead atoms. The lowest BCUT2D eigenvalue weighted by Gasteiger charge is -2.15. The topological polar surface area (TPSA) is 59.6 Å². The second kappa shape index (κ2) is 8.52. The van der Waals surface area contributed by atoms with Gasteiger partial charge >= 0.3 is 0 Å². The van der Waals surface area contributed by atoms with E-state index >= 15 is 0 Å². The summed E-state index contributed by atoms with van der Waals surface area (Å²) in [4.78, 5) is 11.5. The van der Waals surface area contributed by atoms with Crippen molar-refractivity contribution < 1.29 is 14.3 Å². The molecule has 21 heavy (non-hydrogen) atoms. The first-order valence-corrected chi connectivity index (χ1v) is 7.26. The van der Waals surface area contributed by atoms with E-state index in [4.69, 9.17) is 9.47 Å². The van der Waals surface area contributed by atoms with E-state index < -0.39 is 0 Å². The van der Waals surface area contributed by atoms with Gasteiger partial charge in [-0.25, -0.2) is 0 Å². The van der Waals surface area contributed by atoms with Crippen molar-refractivity contribution in [2.24, 2.45) is 0 Å². The van der Waals surface area contributed by atoms with Gasteiger partial charge in [-0.3, -0.25) is 4.79 Å². The van der Waals surface area contributed by atoms with Gasteiger partial charge in [-0.1, -0.05) is 6.07 Å². The number of rotatable bonds is 8. The zero-order valence-corrected chi connectivity index (χ0v) is 13.5. The maximum atomic E-state index is 11.5. The van der Waals surface area contributed by atoms with Gasteiger partial charge in [0, 0.05) is 12.6 Å². The molecular weight excluding hydrogens is 268 g/mol. The quantitative estimate of drug-likeness (QED) is 0.771. The Balaban J connectivity index is 2.54. The number of carbonyl (C=O) groups is 1. The molecule has 1 amide bonds. The molecular formula is C16H26N2O3. The number of hydrogen-bond donors (Lipinski definition) is 2. The third-order valence-corrected chi connectivity index (χ3v) is 2.66. The standard InChI is InChI=1S/C16H26N2O3/c1-11(2)18-16(19)10-17-9-13-6-7-14(21-12(3)4)15(8-13)20-5/h6-8,11-12,17H,9-10H2,1-5H3,(H,18,19). The summed E-state index contributed by atoms with van der Waals surface area (Å²) in [6.45, 7) is 8.73. The largest absolute Gasteiger partial charge is 0.493 e. The van der Waals surface area contributed by atoms with Crippen molar-refractivity contribution in [2.75, 3.05) is 13.7 Å². The molecule has 0 heterocycles. The molecule has 0 atom stereocenters. The van der Waals surface area contributed by atoms with Gasteiger partial charge in [-0.05, 0) is 45.4 Å². The number of nitrogens with one attached hydrogen (secondary N) is 2. The first-order chi connectivity index (χ1) is 9.92. The fourth-order valence-electron chi connectivity index (χ4n) is 1.87. The van der Waals surface area contributed by atoms with Crippen molar-refractivity contribution in [3.63, 3.8) is 0 Å². The van der Waals surface area contributed by atoms with Crippen LogP contribution in [-0.4, -0.2) is 31.7 Å². The molecule has 0 radical (unpaired) electrons. The average Bonchev–Trinajstić information content (AvgIpc) is 2.38. The van der Waals surface area contributed by atoms with Crippen molar-refractivity contribution in [1.29, 1.82) is 0 Å². The van der Waals surface area contributed by atoms with Crippen LogP contribution in [0.5, 0.6) is 11.5 Å². The Labute approximate surface area is 127 Å². The molecule has 2 N–H and O–H groups in total. The third-order valence-electron chi connectivity index (χ3n) is 2.66. The van der Waals surface area contributed by atoms with Crippen LogP contribution in [0, 0.1) is 0 Å².